The topological polar surface area (TPSA) is 102 Å². The van der Waals surface area contributed by atoms with Gasteiger partial charge in [0.25, 0.3) is 5.91 Å². The summed E-state index contributed by atoms with van der Waals surface area (Å²) in [7, 11) is 0. The third kappa shape index (κ3) is 4.32. The van der Waals surface area contributed by atoms with Crippen LogP contribution in [0.4, 0.5) is 0 Å². The van der Waals surface area contributed by atoms with Crippen molar-refractivity contribution in [1.82, 2.24) is 0 Å². The molecule has 0 radical (unpaired) electrons. The van der Waals surface area contributed by atoms with Crippen LogP contribution in [0.15, 0.2) is 58.6 Å². The minimum absolute atomic E-state index is 0.237. The van der Waals surface area contributed by atoms with Crippen LogP contribution in [0.25, 0.3) is 0 Å². The molecule has 0 spiro atoms. The van der Waals surface area contributed by atoms with E-state index in [0.717, 1.165) is 17.6 Å². The number of phenolic OH excluding ortho intramolecular Hbond substituents is 1. The molecule has 1 unspecified atom stereocenters. The predicted molar refractivity (Wildman–Crippen MR) is 92.0 cm³/mol. The molecule has 0 bridgehead atoms. The number of guanidine groups is 1. The molecule has 1 atom stereocenters. The molecule has 1 aliphatic rings. The lowest BCUT2D eigenvalue weighted by atomic mass is 9.87. The van der Waals surface area contributed by atoms with Crippen molar-refractivity contribution in [3.63, 3.8) is 0 Å². The van der Waals surface area contributed by atoms with Gasteiger partial charge in [-0.15, -0.1) is 0 Å². The fourth-order valence-electron chi connectivity index (χ4n) is 2.57. The Bertz CT molecular complexity index is 739. The SMILES string of the molecule is C/C(=C\C1=CCC(c2ccc(O)cc2C)C=C1)C(=O)N=C(N)N. The number of aryl methyl sites for hydroxylation is 1. The van der Waals surface area contributed by atoms with Crippen molar-refractivity contribution in [1.29, 1.82) is 0 Å². The Balaban J connectivity index is 2.11. The number of phenols is 1. The molecule has 1 amide bonds. The lowest BCUT2D eigenvalue weighted by molar-refractivity contribution is -0.114. The highest BCUT2D eigenvalue weighted by atomic mass is 16.3. The molecular weight excluding hydrogens is 290 g/mol. The molecule has 0 aliphatic heterocycles. The summed E-state index contributed by atoms with van der Waals surface area (Å²) in [4.78, 5) is 15.2. The number of hydrogen-bond donors (Lipinski definition) is 3. The molecule has 0 saturated heterocycles. The van der Waals surface area contributed by atoms with E-state index in [0.29, 0.717) is 5.57 Å². The lowest BCUT2D eigenvalue weighted by Crippen LogP contribution is -2.24. The monoisotopic (exact) mass is 311 g/mol. The fourth-order valence-corrected chi connectivity index (χ4v) is 2.57. The Hall–Kier alpha value is -2.82. The summed E-state index contributed by atoms with van der Waals surface area (Å²) >= 11 is 0. The van der Waals surface area contributed by atoms with Crippen LogP contribution in [0.1, 0.15) is 30.4 Å². The highest BCUT2D eigenvalue weighted by molar-refractivity contribution is 6.01. The summed E-state index contributed by atoms with van der Waals surface area (Å²) < 4.78 is 0. The van der Waals surface area contributed by atoms with Crippen molar-refractivity contribution in [2.75, 3.05) is 0 Å². The summed E-state index contributed by atoms with van der Waals surface area (Å²) in [5.41, 5.74) is 14.1. The molecule has 0 saturated carbocycles. The van der Waals surface area contributed by atoms with Gasteiger partial charge in [-0.25, -0.2) is 0 Å². The molecule has 0 aromatic heterocycles. The van der Waals surface area contributed by atoms with Crippen LogP contribution in [0, 0.1) is 6.92 Å². The molecule has 23 heavy (non-hydrogen) atoms. The zero-order valence-corrected chi connectivity index (χ0v) is 13.3. The summed E-state index contributed by atoms with van der Waals surface area (Å²) in [6.07, 6.45) is 8.75. The number of nitrogens with zero attached hydrogens (tertiary/aromatic N) is 1. The van der Waals surface area contributed by atoms with Gasteiger partial charge in [0.15, 0.2) is 5.96 Å². The van der Waals surface area contributed by atoms with Gasteiger partial charge in [-0.1, -0.05) is 24.3 Å². The Morgan fingerprint density at radius 1 is 1.39 bits per heavy atom. The highest BCUT2D eigenvalue weighted by Gasteiger charge is 2.13. The Labute approximate surface area is 135 Å². The van der Waals surface area contributed by atoms with Gasteiger partial charge in [-0.3, -0.25) is 4.79 Å². The van der Waals surface area contributed by atoms with Crippen molar-refractivity contribution in [2.24, 2.45) is 16.5 Å². The Morgan fingerprint density at radius 2 is 2.13 bits per heavy atom. The van der Waals surface area contributed by atoms with E-state index in [1.54, 1.807) is 25.1 Å². The second-order valence-electron chi connectivity index (χ2n) is 5.62. The molecule has 1 aromatic rings. The first kappa shape index (κ1) is 16.5. The van der Waals surface area contributed by atoms with E-state index in [-0.39, 0.29) is 17.6 Å². The summed E-state index contributed by atoms with van der Waals surface area (Å²) in [6.45, 7) is 3.67. The van der Waals surface area contributed by atoms with Crippen LogP contribution in [-0.4, -0.2) is 17.0 Å². The third-order valence-electron chi connectivity index (χ3n) is 3.73. The van der Waals surface area contributed by atoms with Crippen molar-refractivity contribution in [3.8, 4) is 5.75 Å². The predicted octanol–water partition coefficient (Wildman–Crippen LogP) is 2.42. The molecule has 5 nitrogen and oxygen atoms in total. The third-order valence-corrected chi connectivity index (χ3v) is 3.73. The number of rotatable bonds is 3. The summed E-state index contributed by atoms with van der Waals surface area (Å²) in [5.74, 6) is -0.130. The van der Waals surface area contributed by atoms with Crippen molar-refractivity contribution < 1.29 is 9.90 Å². The number of allylic oxidation sites excluding steroid dienone is 5. The molecule has 5 heteroatoms. The molecule has 0 heterocycles. The van der Waals surface area contributed by atoms with E-state index in [2.05, 4.69) is 17.1 Å². The Morgan fingerprint density at radius 3 is 2.70 bits per heavy atom. The minimum Gasteiger partial charge on any atom is -0.508 e. The average Bonchev–Trinajstić information content (AvgIpc) is 2.47. The maximum Gasteiger partial charge on any atom is 0.275 e. The first-order valence-electron chi connectivity index (χ1n) is 7.37. The van der Waals surface area contributed by atoms with E-state index in [4.69, 9.17) is 11.5 Å². The van der Waals surface area contributed by atoms with E-state index >= 15 is 0 Å². The number of carbonyl (C=O) groups is 1. The van der Waals surface area contributed by atoms with Crippen LogP contribution < -0.4 is 11.5 Å². The maximum atomic E-state index is 11.7. The maximum absolute atomic E-state index is 11.7. The van der Waals surface area contributed by atoms with Gasteiger partial charge in [0.05, 0.1) is 0 Å². The zero-order chi connectivity index (χ0) is 17.0. The standard InChI is InChI=1S/C18H21N3O2/c1-11-10-15(22)7-8-16(11)14-5-3-13(4-6-14)9-12(2)17(23)21-18(19)20/h3-5,7-10,14,22H,6H2,1-2H3,(H4,19,20,21,23)/b12-9+. The first-order valence-corrected chi connectivity index (χ1v) is 7.37. The smallest absolute Gasteiger partial charge is 0.275 e. The molecule has 0 fully saturated rings. The lowest BCUT2D eigenvalue weighted by Gasteiger charge is -2.18. The number of nitrogens with two attached hydrogens (primary N) is 2. The summed E-state index contributed by atoms with van der Waals surface area (Å²) in [5, 5.41) is 9.49. The molecule has 5 N–H and O–H groups in total. The number of aliphatic imine (C=N–C) groups is 1. The Kier molecular flexibility index (Phi) is 5.01. The highest BCUT2D eigenvalue weighted by Crippen LogP contribution is 2.31. The van der Waals surface area contributed by atoms with Crippen LogP contribution in [0.2, 0.25) is 0 Å². The molecule has 120 valence electrons. The number of hydrogen-bond acceptors (Lipinski definition) is 2. The van der Waals surface area contributed by atoms with Crippen molar-refractivity contribution in [3.05, 3.63) is 64.8 Å². The van der Waals surface area contributed by atoms with Crippen molar-refractivity contribution in [2.45, 2.75) is 26.2 Å². The van der Waals surface area contributed by atoms with E-state index in [9.17, 15) is 9.90 Å². The first-order chi connectivity index (χ1) is 10.9. The van der Waals surface area contributed by atoms with Gasteiger partial charge in [-0.2, -0.15) is 4.99 Å². The normalized spacial score (nSPS) is 17.6. The van der Waals surface area contributed by atoms with E-state index in [1.807, 2.05) is 19.1 Å². The van der Waals surface area contributed by atoms with E-state index in [1.165, 1.54) is 5.56 Å². The minimum atomic E-state index is -0.434. The van der Waals surface area contributed by atoms with Gasteiger partial charge in [-0.05, 0) is 55.2 Å². The van der Waals surface area contributed by atoms with Gasteiger partial charge < -0.3 is 16.6 Å². The number of benzene rings is 1. The van der Waals surface area contributed by atoms with Crippen LogP contribution >= 0.6 is 0 Å². The molecule has 1 aromatic carbocycles. The molecule has 2 rings (SSSR count). The van der Waals surface area contributed by atoms with Crippen molar-refractivity contribution >= 4 is 11.9 Å². The van der Waals surface area contributed by atoms with Crippen LogP contribution in [-0.2, 0) is 4.79 Å². The number of carbonyl (C=O) groups excluding carboxylic acids is 1. The van der Waals surface area contributed by atoms with Crippen LogP contribution in [0.3, 0.4) is 0 Å². The van der Waals surface area contributed by atoms with Gasteiger partial charge >= 0.3 is 0 Å². The molecule has 1 aliphatic carbocycles. The largest absolute Gasteiger partial charge is 0.508 e. The van der Waals surface area contributed by atoms with Gasteiger partial charge in [0, 0.05) is 11.5 Å². The number of aromatic hydroxyl groups is 1. The second kappa shape index (κ2) is 6.96. The molecular formula is C18H21N3O2. The average molecular weight is 311 g/mol. The summed E-state index contributed by atoms with van der Waals surface area (Å²) in [6, 6.07) is 5.41. The van der Waals surface area contributed by atoms with Gasteiger partial charge in [0.1, 0.15) is 5.75 Å². The van der Waals surface area contributed by atoms with E-state index < -0.39 is 5.91 Å². The van der Waals surface area contributed by atoms with Crippen LogP contribution in [0.5, 0.6) is 5.75 Å². The zero-order valence-electron chi connectivity index (χ0n) is 13.3. The quantitative estimate of drug-likeness (QED) is 0.453. The second-order valence-corrected chi connectivity index (χ2v) is 5.62. The number of amides is 1. The van der Waals surface area contributed by atoms with Gasteiger partial charge in [0.2, 0.25) is 0 Å². The fraction of sp³-hybridized carbons (Fsp3) is 0.222.